The zero-order valence-corrected chi connectivity index (χ0v) is 12.8. The van der Waals surface area contributed by atoms with Crippen LogP contribution in [0.15, 0.2) is 67.1 Å². The van der Waals surface area contributed by atoms with Crippen molar-refractivity contribution in [1.29, 1.82) is 0 Å². The van der Waals surface area contributed by atoms with Gasteiger partial charge in [-0.1, -0.05) is 12.1 Å². The van der Waals surface area contributed by atoms with E-state index >= 15 is 0 Å². The highest BCUT2D eigenvalue weighted by atomic mass is 35.5. The first-order valence-corrected chi connectivity index (χ1v) is 6.05. The molecule has 0 atom stereocenters. The summed E-state index contributed by atoms with van der Waals surface area (Å²) in [5, 5.41) is 0. The molecule has 0 spiro atoms. The van der Waals surface area contributed by atoms with Gasteiger partial charge < -0.3 is 5.73 Å². The van der Waals surface area contributed by atoms with Crippen molar-refractivity contribution in [3.8, 4) is 22.4 Å². The Bertz CT molecular complexity index is 685. The Morgan fingerprint density at radius 1 is 0.667 bits per heavy atom. The molecule has 3 nitrogen and oxygen atoms in total. The molecule has 0 aliphatic rings. The molecule has 2 N–H and O–H groups in total. The maximum absolute atomic E-state index is 5.70. The number of halogens is 2. The van der Waals surface area contributed by atoms with Gasteiger partial charge in [0.15, 0.2) is 0 Å². The monoisotopic (exact) mass is 319 g/mol. The molecule has 1 aromatic carbocycles. The zero-order chi connectivity index (χ0) is 13.1. The van der Waals surface area contributed by atoms with Gasteiger partial charge in [0, 0.05) is 29.8 Å². The summed E-state index contributed by atoms with van der Waals surface area (Å²) in [6.45, 7) is 0. The van der Waals surface area contributed by atoms with E-state index < -0.39 is 0 Å². The fourth-order valence-corrected chi connectivity index (χ4v) is 1.97. The minimum absolute atomic E-state index is 0. The van der Waals surface area contributed by atoms with Gasteiger partial charge in [0.25, 0.3) is 0 Å². The predicted octanol–water partition coefficient (Wildman–Crippen LogP) is 4.24. The number of aromatic nitrogens is 2. The van der Waals surface area contributed by atoms with Crippen LogP contribution in [0, 0.1) is 0 Å². The van der Waals surface area contributed by atoms with Crippen LogP contribution in [0.25, 0.3) is 22.4 Å². The Morgan fingerprint density at radius 3 is 1.95 bits per heavy atom. The molecule has 108 valence electrons. The molecule has 0 bridgehead atoms. The molecular weight excluding hydrogens is 305 g/mol. The molecule has 0 amide bonds. The number of nitrogens with two attached hydrogens (primary N) is 1. The minimum Gasteiger partial charge on any atom is -0.399 e. The van der Waals surface area contributed by atoms with Gasteiger partial charge in [-0.3, -0.25) is 9.97 Å². The maximum Gasteiger partial charge on any atom is 0.0708 e. The average Bonchev–Trinajstić information content (AvgIpc) is 2.49. The van der Waals surface area contributed by atoms with Gasteiger partial charge in [-0.05, 0) is 47.5 Å². The third-order valence-electron chi connectivity index (χ3n) is 2.98. The van der Waals surface area contributed by atoms with E-state index in [4.69, 9.17) is 5.73 Å². The van der Waals surface area contributed by atoms with Crippen LogP contribution in [0.1, 0.15) is 0 Å². The first-order chi connectivity index (χ1) is 9.33. The highest BCUT2D eigenvalue weighted by Crippen LogP contribution is 2.24. The van der Waals surface area contributed by atoms with E-state index in [9.17, 15) is 0 Å². The molecule has 21 heavy (non-hydrogen) atoms. The molecule has 0 aliphatic heterocycles. The van der Waals surface area contributed by atoms with Crippen molar-refractivity contribution >= 4 is 30.5 Å². The van der Waals surface area contributed by atoms with Crippen LogP contribution in [-0.4, -0.2) is 9.97 Å². The first kappa shape index (κ1) is 17.0. The SMILES string of the molecule is Cl.Cl.Nc1ccc(-c2cc(-c3ccncc3)ccn2)cc1. The number of nitrogens with zero attached hydrogens (tertiary/aromatic N) is 2. The van der Waals surface area contributed by atoms with Crippen molar-refractivity contribution < 1.29 is 0 Å². The van der Waals surface area contributed by atoms with Crippen molar-refractivity contribution in [3.63, 3.8) is 0 Å². The molecule has 2 heterocycles. The fourth-order valence-electron chi connectivity index (χ4n) is 1.97. The normalized spacial score (nSPS) is 9.33. The van der Waals surface area contributed by atoms with Gasteiger partial charge in [0.2, 0.25) is 0 Å². The minimum atomic E-state index is 0. The van der Waals surface area contributed by atoms with Gasteiger partial charge in [0.1, 0.15) is 0 Å². The van der Waals surface area contributed by atoms with E-state index in [1.807, 2.05) is 48.7 Å². The van der Waals surface area contributed by atoms with E-state index in [2.05, 4.69) is 16.0 Å². The summed E-state index contributed by atoms with van der Waals surface area (Å²) in [6.07, 6.45) is 5.40. The second kappa shape index (κ2) is 7.62. The van der Waals surface area contributed by atoms with Crippen LogP contribution in [0.2, 0.25) is 0 Å². The van der Waals surface area contributed by atoms with Gasteiger partial charge in [-0.25, -0.2) is 0 Å². The lowest BCUT2D eigenvalue weighted by Crippen LogP contribution is -1.87. The van der Waals surface area contributed by atoms with Crippen molar-refractivity contribution in [2.45, 2.75) is 0 Å². The molecule has 0 saturated carbocycles. The van der Waals surface area contributed by atoms with Crippen molar-refractivity contribution in [2.75, 3.05) is 5.73 Å². The van der Waals surface area contributed by atoms with Crippen LogP contribution in [0.4, 0.5) is 5.69 Å². The number of hydrogen-bond donors (Lipinski definition) is 1. The summed E-state index contributed by atoms with van der Waals surface area (Å²) in [4.78, 5) is 8.44. The molecule has 3 aromatic rings. The third kappa shape index (κ3) is 3.94. The highest BCUT2D eigenvalue weighted by molar-refractivity contribution is 5.85. The Kier molecular flexibility index (Phi) is 6.15. The lowest BCUT2D eigenvalue weighted by molar-refractivity contribution is 1.31. The standard InChI is InChI=1S/C16H13N3.2ClH/c17-15-3-1-13(2-4-15)16-11-14(7-10-19-16)12-5-8-18-9-6-12;;/h1-11H,17H2;2*1H. The van der Waals surface area contributed by atoms with Gasteiger partial charge in [0.05, 0.1) is 5.69 Å². The Balaban J connectivity index is 0.00000110. The lowest BCUT2D eigenvalue weighted by Gasteiger charge is -2.05. The van der Waals surface area contributed by atoms with Crippen LogP contribution in [0.5, 0.6) is 0 Å². The van der Waals surface area contributed by atoms with Crippen LogP contribution >= 0.6 is 24.8 Å². The molecule has 0 saturated heterocycles. The highest BCUT2D eigenvalue weighted by Gasteiger charge is 2.02. The topological polar surface area (TPSA) is 51.8 Å². The van der Waals surface area contributed by atoms with E-state index in [1.54, 1.807) is 12.4 Å². The largest absolute Gasteiger partial charge is 0.399 e. The summed E-state index contributed by atoms with van der Waals surface area (Å²) in [7, 11) is 0. The number of anilines is 1. The number of hydrogen-bond acceptors (Lipinski definition) is 3. The second-order valence-electron chi connectivity index (χ2n) is 4.29. The van der Waals surface area contributed by atoms with Crippen molar-refractivity contribution in [1.82, 2.24) is 9.97 Å². The van der Waals surface area contributed by atoms with Crippen LogP contribution < -0.4 is 5.73 Å². The van der Waals surface area contributed by atoms with Crippen molar-refractivity contribution in [2.24, 2.45) is 0 Å². The van der Waals surface area contributed by atoms with Gasteiger partial charge in [-0.2, -0.15) is 0 Å². The number of pyridine rings is 2. The quantitative estimate of drug-likeness (QED) is 0.719. The third-order valence-corrected chi connectivity index (χ3v) is 2.98. The van der Waals surface area contributed by atoms with E-state index in [1.165, 1.54) is 0 Å². The lowest BCUT2D eigenvalue weighted by atomic mass is 10.0. The molecule has 0 unspecified atom stereocenters. The van der Waals surface area contributed by atoms with E-state index in [0.717, 1.165) is 28.1 Å². The summed E-state index contributed by atoms with van der Waals surface area (Å²) in [6, 6.07) is 15.8. The smallest absolute Gasteiger partial charge is 0.0708 e. The van der Waals surface area contributed by atoms with Crippen molar-refractivity contribution in [3.05, 3.63) is 67.1 Å². The summed E-state index contributed by atoms with van der Waals surface area (Å²) in [5.74, 6) is 0. The summed E-state index contributed by atoms with van der Waals surface area (Å²) < 4.78 is 0. The first-order valence-electron chi connectivity index (χ1n) is 6.05. The second-order valence-corrected chi connectivity index (χ2v) is 4.29. The average molecular weight is 320 g/mol. The Labute approximate surface area is 136 Å². The van der Waals surface area contributed by atoms with Crippen LogP contribution in [0.3, 0.4) is 0 Å². The summed E-state index contributed by atoms with van der Waals surface area (Å²) in [5.41, 5.74) is 10.7. The van der Waals surface area contributed by atoms with Gasteiger partial charge >= 0.3 is 0 Å². The maximum atomic E-state index is 5.70. The van der Waals surface area contributed by atoms with Gasteiger partial charge in [-0.15, -0.1) is 24.8 Å². The fraction of sp³-hybridized carbons (Fsp3) is 0. The molecular formula is C16H15Cl2N3. The zero-order valence-electron chi connectivity index (χ0n) is 11.1. The number of rotatable bonds is 2. The van der Waals surface area contributed by atoms with Crippen LogP contribution in [-0.2, 0) is 0 Å². The van der Waals surface area contributed by atoms with E-state index in [-0.39, 0.29) is 24.8 Å². The van der Waals surface area contributed by atoms with E-state index in [0.29, 0.717) is 0 Å². The number of benzene rings is 1. The molecule has 5 heteroatoms. The molecule has 2 aromatic heterocycles. The molecule has 0 aliphatic carbocycles. The predicted molar refractivity (Wildman–Crippen MR) is 91.8 cm³/mol. The molecule has 3 rings (SSSR count). The molecule has 0 fully saturated rings. The Morgan fingerprint density at radius 2 is 1.29 bits per heavy atom. The number of nitrogen functional groups attached to an aromatic ring is 1. The Hall–Kier alpha value is -2.10. The molecule has 0 radical (unpaired) electrons. The summed E-state index contributed by atoms with van der Waals surface area (Å²) >= 11 is 0.